The molecule has 0 aliphatic rings. The summed E-state index contributed by atoms with van der Waals surface area (Å²) in [5.41, 5.74) is -0.568. The van der Waals surface area contributed by atoms with Gasteiger partial charge in [-0.3, -0.25) is 4.79 Å². The summed E-state index contributed by atoms with van der Waals surface area (Å²) in [7, 11) is 1.24. The first kappa shape index (κ1) is 15.4. The van der Waals surface area contributed by atoms with Crippen molar-refractivity contribution in [3.05, 3.63) is 57.8 Å². The first-order valence-electron chi connectivity index (χ1n) is 5.72. The van der Waals surface area contributed by atoms with Crippen molar-refractivity contribution in [2.75, 3.05) is 12.4 Å². The van der Waals surface area contributed by atoms with Crippen molar-refractivity contribution in [2.45, 2.75) is 0 Å². The summed E-state index contributed by atoms with van der Waals surface area (Å²) in [5, 5.41) is 2.10. The van der Waals surface area contributed by atoms with Crippen LogP contribution in [0.3, 0.4) is 0 Å². The third kappa shape index (κ3) is 3.36. The van der Waals surface area contributed by atoms with Crippen LogP contribution in [0.25, 0.3) is 0 Å². The minimum atomic E-state index is -0.927. The number of halogens is 4. The number of rotatable bonds is 3. The minimum absolute atomic E-state index is 0.00923. The summed E-state index contributed by atoms with van der Waals surface area (Å²) in [4.78, 5) is 11.9. The van der Waals surface area contributed by atoms with Gasteiger partial charge in [-0.15, -0.1) is 0 Å². The summed E-state index contributed by atoms with van der Waals surface area (Å²) in [6.45, 7) is 0. The van der Waals surface area contributed by atoms with E-state index in [2.05, 4.69) is 21.2 Å². The average Bonchev–Trinajstić information content (AvgIpc) is 2.43. The Morgan fingerprint density at radius 2 is 1.71 bits per heavy atom. The molecule has 0 saturated carbocycles. The number of ether oxygens (including phenoxy) is 1. The van der Waals surface area contributed by atoms with Gasteiger partial charge in [0, 0.05) is 10.0 Å². The third-order valence-electron chi connectivity index (χ3n) is 2.66. The highest BCUT2D eigenvalue weighted by Crippen LogP contribution is 2.25. The van der Waals surface area contributed by atoms with Crippen LogP contribution in [0.1, 0.15) is 10.4 Å². The zero-order valence-electron chi connectivity index (χ0n) is 10.7. The van der Waals surface area contributed by atoms with Crippen molar-refractivity contribution in [1.82, 2.24) is 0 Å². The molecule has 0 spiro atoms. The molecule has 0 fully saturated rings. The third-order valence-corrected chi connectivity index (χ3v) is 3.12. The van der Waals surface area contributed by atoms with Crippen molar-refractivity contribution in [2.24, 2.45) is 0 Å². The lowest BCUT2D eigenvalue weighted by atomic mass is 10.2. The molecule has 0 radical (unpaired) electrons. The molecule has 0 aliphatic carbocycles. The molecule has 0 bridgehead atoms. The van der Waals surface area contributed by atoms with Crippen molar-refractivity contribution in [3.8, 4) is 5.75 Å². The van der Waals surface area contributed by atoms with E-state index >= 15 is 0 Å². The fourth-order valence-corrected chi connectivity index (χ4v) is 2.05. The summed E-state index contributed by atoms with van der Waals surface area (Å²) in [6.07, 6.45) is 0. The van der Waals surface area contributed by atoms with E-state index in [1.54, 1.807) is 0 Å². The Morgan fingerprint density at radius 1 is 1.10 bits per heavy atom. The van der Waals surface area contributed by atoms with Crippen LogP contribution in [-0.2, 0) is 0 Å². The van der Waals surface area contributed by atoms with Gasteiger partial charge in [-0.25, -0.2) is 13.2 Å². The van der Waals surface area contributed by atoms with Gasteiger partial charge in [-0.1, -0.05) is 15.9 Å². The SMILES string of the molecule is COc1cc(C(=O)Nc2c(F)cc(Br)cc2F)ccc1F. The number of anilines is 1. The second-order valence-corrected chi connectivity index (χ2v) is 4.96. The predicted molar refractivity (Wildman–Crippen MR) is 75.0 cm³/mol. The number of hydrogen-bond donors (Lipinski definition) is 1. The van der Waals surface area contributed by atoms with Gasteiger partial charge in [0.1, 0.15) is 5.69 Å². The van der Waals surface area contributed by atoms with Gasteiger partial charge in [0.05, 0.1) is 7.11 Å². The molecule has 2 aromatic carbocycles. The van der Waals surface area contributed by atoms with Crippen LogP contribution < -0.4 is 10.1 Å². The van der Waals surface area contributed by atoms with Crippen LogP contribution in [0.5, 0.6) is 5.75 Å². The van der Waals surface area contributed by atoms with Crippen LogP contribution >= 0.6 is 15.9 Å². The Kier molecular flexibility index (Phi) is 4.52. The number of amides is 1. The molecule has 110 valence electrons. The number of carbonyl (C=O) groups excluding carboxylic acids is 1. The van der Waals surface area contributed by atoms with Crippen molar-refractivity contribution >= 4 is 27.5 Å². The molecule has 0 aromatic heterocycles. The summed E-state index contributed by atoms with van der Waals surface area (Å²) in [6, 6.07) is 5.39. The fraction of sp³-hybridized carbons (Fsp3) is 0.0714. The zero-order chi connectivity index (χ0) is 15.6. The lowest BCUT2D eigenvalue weighted by Gasteiger charge is -2.09. The zero-order valence-corrected chi connectivity index (χ0v) is 12.3. The lowest BCUT2D eigenvalue weighted by Crippen LogP contribution is -2.14. The molecule has 0 heterocycles. The molecule has 0 atom stereocenters. The Morgan fingerprint density at radius 3 is 2.29 bits per heavy atom. The topological polar surface area (TPSA) is 38.3 Å². The van der Waals surface area contributed by atoms with Crippen LogP contribution in [-0.4, -0.2) is 13.0 Å². The molecular weight excluding hydrogens is 351 g/mol. The molecule has 7 heteroatoms. The quantitative estimate of drug-likeness (QED) is 0.894. The van der Waals surface area contributed by atoms with E-state index < -0.39 is 29.0 Å². The first-order valence-corrected chi connectivity index (χ1v) is 6.51. The van der Waals surface area contributed by atoms with Gasteiger partial charge in [0.15, 0.2) is 23.2 Å². The first-order chi connectivity index (χ1) is 9.92. The monoisotopic (exact) mass is 359 g/mol. The maximum absolute atomic E-state index is 13.6. The Labute approximate surface area is 126 Å². The molecule has 2 rings (SSSR count). The smallest absolute Gasteiger partial charge is 0.255 e. The maximum atomic E-state index is 13.6. The largest absolute Gasteiger partial charge is 0.494 e. The Bertz CT molecular complexity index is 684. The molecule has 3 nitrogen and oxygen atoms in total. The van der Waals surface area contributed by atoms with Crippen molar-refractivity contribution in [3.63, 3.8) is 0 Å². The molecule has 0 aliphatic heterocycles. The van der Waals surface area contributed by atoms with Crippen molar-refractivity contribution in [1.29, 1.82) is 0 Å². The lowest BCUT2D eigenvalue weighted by molar-refractivity contribution is 0.102. The van der Waals surface area contributed by atoms with Gasteiger partial charge in [0.2, 0.25) is 0 Å². The molecule has 2 aromatic rings. The van der Waals surface area contributed by atoms with Crippen LogP contribution in [0, 0.1) is 17.5 Å². The van der Waals surface area contributed by atoms with E-state index in [4.69, 9.17) is 4.74 Å². The van der Waals surface area contributed by atoms with Crippen molar-refractivity contribution < 1.29 is 22.7 Å². The average molecular weight is 360 g/mol. The molecule has 0 saturated heterocycles. The van der Waals surface area contributed by atoms with E-state index in [9.17, 15) is 18.0 Å². The molecular formula is C14H9BrF3NO2. The second kappa shape index (κ2) is 6.17. The summed E-state index contributed by atoms with van der Waals surface area (Å²) in [5.74, 6) is -3.42. The summed E-state index contributed by atoms with van der Waals surface area (Å²) < 4.78 is 45.5. The standard InChI is InChI=1S/C14H9BrF3NO2/c1-21-12-4-7(2-3-9(12)16)14(20)19-13-10(17)5-8(15)6-11(13)18/h2-6H,1H3,(H,19,20). The van der Waals surface area contributed by atoms with Gasteiger partial charge in [-0.2, -0.15) is 0 Å². The molecule has 1 amide bonds. The van der Waals surface area contributed by atoms with Gasteiger partial charge < -0.3 is 10.1 Å². The van der Waals surface area contributed by atoms with Crippen LogP contribution in [0.4, 0.5) is 18.9 Å². The number of carbonyl (C=O) groups is 1. The Balaban J connectivity index is 2.30. The number of benzene rings is 2. The van der Waals surface area contributed by atoms with E-state index in [1.807, 2.05) is 0 Å². The fourth-order valence-electron chi connectivity index (χ4n) is 1.65. The highest BCUT2D eigenvalue weighted by atomic mass is 79.9. The van der Waals surface area contributed by atoms with Crippen LogP contribution in [0.2, 0.25) is 0 Å². The normalized spacial score (nSPS) is 10.3. The minimum Gasteiger partial charge on any atom is -0.494 e. The number of nitrogens with one attached hydrogen (secondary N) is 1. The number of methoxy groups -OCH3 is 1. The Hall–Kier alpha value is -2.02. The van der Waals surface area contributed by atoms with Gasteiger partial charge in [0.25, 0.3) is 5.91 Å². The molecule has 1 N–H and O–H groups in total. The predicted octanol–water partition coefficient (Wildman–Crippen LogP) is 4.13. The van der Waals surface area contributed by atoms with Gasteiger partial charge in [-0.05, 0) is 30.3 Å². The molecule has 0 unspecified atom stereocenters. The van der Waals surface area contributed by atoms with E-state index in [0.717, 1.165) is 24.3 Å². The second-order valence-electron chi connectivity index (χ2n) is 4.05. The highest BCUT2D eigenvalue weighted by molar-refractivity contribution is 9.10. The van der Waals surface area contributed by atoms with Gasteiger partial charge >= 0.3 is 0 Å². The highest BCUT2D eigenvalue weighted by Gasteiger charge is 2.16. The van der Waals surface area contributed by atoms with E-state index in [1.165, 1.54) is 13.2 Å². The summed E-state index contributed by atoms with van der Waals surface area (Å²) >= 11 is 2.93. The van der Waals surface area contributed by atoms with E-state index in [0.29, 0.717) is 0 Å². The molecule has 21 heavy (non-hydrogen) atoms. The van der Waals surface area contributed by atoms with Crippen LogP contribution in [0.15, 0.2) is 34.8 Å². The number of hydrogen-bond acceptors (Lipinski definition) is 2. The van der Waals surface area contributed by atoms with E-state index in [-0.39, 0.29) is 15.8 Å². The maximum Gasteiger partial charge on any atom is 0.255 e.